The maximum absolute atomic E-state index is 12.4. The van der Waals surface area contributed by atoms with Crippen molar-refractivity contribution in [3.63, 3.8) is 0 Å². The summed E-state index contributed by atoms with van der Waals surface area (Å²) in [5.74, 6) is -0.864. The summed E-state index contributed by atoms with van der Waals surface area (Å²) in [6.45, 7) is 1.96. The number of hydrogen-bond donors (Lipinski definition) is 0. The van der Waals surface area contributed by atoms with Crippen molar-refractivity contribution in [1.29, 1.82) is 0 Å². The molecule has 6 nitrogen and oxygen atoms in total. The van der Waals surface area contributed by atoms with E-state index in [1.54, 1.807) is 13.0 Å². The predicted octanol–water partition coefficient (Wildman–Crippen LogP) is 2.89. The van der Waals surface area contributed by atoms with E-state index >= 15 is 0 Å². The van der Waals surface area contributed by atoms with Gasteiger partial charge in [-0.3, -0.25) is 4.79 Å². The molecule has 0 saturated carbocycles. The Morgan fingerprint density at radius 2 is 2.17 bits per heavy atom. The minimum absolute atomic E-state index is 0.0950. The number of esters is 1. The highest BCUT2D eigenvalue weighted by atomic mass is 79.9. The highest BCUT2D eigenvalue weighted by Crippen LogP contribution is 2.20. The smallest absolute Gasteiger partial charge is 0.350 e. The maximum Gasteiger partial charge on any atom is 0.350 e. The average Bonchev–Trinajstić information content (AvgIpc) is 3.04. The number of halogens is 1. The molecule has 0 spiro atoms. The third kappa shape index (κ3) is 3.24. The Morgan fingerprint density at radius 1 is 1.35 bits per heavy atom. The standard InChI is InChI=1S/C16H13BrN2O4/c1-2-22-16(21)14-8-13(19-23-14)15(20)12-5-3-9-7-10(17)4-6-11(9)18-12/h3-7,14H,2,8H2,1H3. The Labute approximate surface area is 140 Å². The van der Waals surface area contributed by atoms with Crippen LogP contribution >= 0.6 is 15.9 Å². The average molecular weight is 377 g/mol. The summed E-state index contributed by atoms with van der Waals surface area (Å²) in [6.07, 6.45) is -0.761. The summed E-state index contributed by atoms with van der Waals surface area (Å²) >= 11 is 3.39. The maximum atomic E-state index is 12.4. The molecular formula is C16H13BrN2O4. The Morgan fingerprint density at radius 3 is 2.96 bits per heavy atom. The quantitative estimate of drug-likeness (QED) is 0.605. The molecule has 2 heterocycles. The Bertz CT molecular complexity index is 819. The molecule has 1 atom stereocenters. The van der Waals surface area contributed by atoms with Gasteiger partial charge in [0.05, 0.1) is 12.1 Å². The Kier molecular flexibility index (Phi) is 4.38. The van der Waals surface area contributed by atoms with Crippen molar-refractivity contribution in [3.05, 3.63) is 40.5 Å². The van der Waals surface area contributed by atoms with Crippen LogP contribution in [0.2, 0.25) is 0 Å². The van der Waals surface area contributed by atoms with Gasteiger partial charge in [-0.25, -0.2) is 9.78 Å². The fraction of sp³-hybridized carbons (Fsp3) is 0.250. The Balaban J connectivity index is 1.79. The summed E-state index contributed by atoms with van der Waals surface area (Å²) in [7, 11) is 0. The van der Waals surface area contributed by atoms with Crippen molar-refractivity contribution in [2.24, 2.45) is 5.16 Å². The number of rotatable bonds is 4. The molecule has 7 heteroatoms. The number of oxime groups is 1. The summed E-state index contributed by atoms with van der Waals surface area (Å²) in [4.78, 5) is 33.4. The number of ketones is 1. The molecule has 118 valence electrons. The summed E-state index contributed by atoms with van der Waals surface area (Å²) in [5, 5.41) is 4.63. The van der Waals surface area contributed by atoms with Crippen molar-refractivity contribution < 1.29 is 19.2 Å². The van der Waals surface area contributed by atoms with Crippen LogP contribution in [0, 0.1) is 0 Å². The first-order valence-corrected chi connectivity index (χ1v) is 7.88. The SMILES string of the molecule is CCOC(=O)C1CC(C(=O)c2ccc3cc(Br)ccc3n2)=NO1. The molecule has 0 fully saturated rings. The lowest BCUT2D eigenvalue weighted by atomic mass is 10.1. The fourth-order valence-electron chi connectivity index (χ4n) is 2.24. The number of pyridine rings is 1. The minimum atomic E-state index is -0.856. The normalized spacial score (nSPS) is 16.8. The predicted molar refractivity (Wildman–Crippen MR) is 87.3 cm³/mol. The first kappa shape index (κ1) is 15.6. The molecule has 0 saturated heterocycles. The van der Waals surface area contributed by atoms with Crippen molar-refractivity contribution >= 4 is 44.3 Å². The van der Waals surface area contributed by atoms with Gasteiger partial charge in [-0.2, -0.15) is 0 Å². The van der Waals surface area contributed by atoms with E-state index in [9.17, 15) is 9.59 Å². The van der Waals surface area contributed by atoms with E-state index in [0.29, 0.717) is 5.52 Å². The van der Waals surface area contributed by atoms with Crippen LogP contribution < -0.4 is 0 Å². The number of hydrogen-bond acceptors (Lipinski definition) is 6. The van der Waals surface area contributed by atoms with Crippen molar-refractivity contribution in [2.75, 3.05) is 6.61 Å². The second-order valence-electron chi connectivity index (χ2n) is 4.95. The van der Waals surface area contributed by atoms with Gasteiger partial charge in [0, 0.05) is 16.3 Å². The highest BCUT2D eigenvalue weighted by Gasteiger charge is 2.33. The van der Waals surface area contributed by atoms with Gasteiger partial charge in [0.25, 0.3) is 0 Å². The number of Topliss-reactive ketones (excluding diaryl/α,β-unsaturated/α-hetero) is 1. The van der Waals surface area contributed by atoms with Crippen LogP contribution in [0.4, 0.5) is 0 Å². The molecule has 1 aliphatic rings. The monoisotopic (exact) mass is 376 g/mol. The molecule has 0 radical (unpaired) electrons. The molecule has 0 amide bonds. The number of fused-ring (bicyclic) bond motifs is 1. The zero-order valence-corrected chi connectivity index (χ0v) is 13.9. The summed E-state index contributed by atoms with van der Waals surface area (Å²) < 4.78 is 5.80. The van der Waals surface area contributed by atoms with E-state index in [2.05, 4.69) is 26.1 Å². The molecule has 1 aromatic carbocycles. The van der Waals surface area contributed by atoms with E-state index in [-0.39, 0.29) is 30.2 Å². The van der Waals surface area contributed by atoms with Crippen molar-refractivity contribution in [1.82, 2.24) is 4.98 Å². The van der Waals surface area contributed by atoms with E-state index in [4.69, 9.17) is 9.57 Å². The van der Waals surface area contributed by atoms with Crippen LogP contribution in [0.1, 0.15) is 23.8 Å². The van der Waals surface area contributed by atoms with E-state index in [1.807, 2.05) is 24.3 Å². The molecule has 3 rings (SSSR count). The van der Waals surface area contributed by atoms with Crippen molar-refractivity contribution in [2.45, 2.75) is 19.4 Å². The van der Waals surface area contributed by atoms with Gasteiger partial charge in [0.2, 0.25) is 11.9 Å². The molecule has 0 aliphatic carbocycles. The zero-order chi connectivity index (χ0) is 16.4. The topological polar surface area (TPSA) is 77.9 Å². The lowest BCUT2D eigenvalue weighted by molar-refractivity contribution is -0.154. The van der Waals surface area contributed by atoms with Crippen LogP contribution in [0.5, 0.6) is 0 Å². The number of nitrogens with zero attached hydrogens (tertiary/aromatic N) is 2. The first-order valence-electron chi connectivity index (χ1n) is 7.09. The molecule has 1 aromatic heterocycles. The largest absolute Gasteiger partial charge is 0.463 e. The van der Waals surface area contributed by atoms with E-state index < -0.39 is 12.1 Å². The van der Waals surface area contributed by atoms with Crippen LogP contribution in [0.15, 0.2) is 40.0 Å². The molecule has 0 bridgehead atoms. The Hall–Kier alpha value is -2.28. The van der Waals surface area contributed by atoms with E-state index in [0.717, 1.165) is 9.86 Å². The molecule has 23 heavy (non-hydrogen) atoms. The number of carbonyl (C=O) groups is 2. The van der Waals surface area contributed by atoms with Crippen LogP contribution in [0.3, 0.4) is 0 Å². The van der Waals surface area contributed by atoms with Gasteiger partial charge < -0.3 is 9.57 Å². The summed E-state index contributed by atoms with van der Waals surface area (Å²) in [5.41, 5.74) is 1.15. The minimum Gasteiger partial charge on any atom is -0.463 e. The van der Waals surface area contributed by atoms with Gasteiger partial charge in [0.1, 0.15) is 11.4 Å². The molecular weight excluding hydrogens is 364 g/mol. The molecule has 1 unspecified atom stereocenters. The van der Waals surface area contributed by atoms with Gasteiger partial charge in [0.15, 0.2) is 0 Å². The van der Waals surface area contributed by atoms with Crippen LogP contribution in [-0.4, -0.2) is 35.2 Å². The third-order valence-corrected chi connectivity index (χ3v) is 3.86. The van der Waals surface area contributed by atoms with Gasteiger partial charge in [-0.1, -0.05) is 27.2 Å². The number of carbonyl (C=O) groups excluding carboxylic acids is 2. The molecule has 2 aromatic rings. The lowest BCUT2D eigenvalue weighted by Crippen LogP contribution is -2.25. The van der Waals surface area contributed by atoms with Gasteiger partial charge in [-0.05, 0) is 31.2 Å². The number of benzene rings is 1. The second-order valence-corrected chi connectivity index (χ2v) is 5.87. The highest BCUT2D eigenvalue weighted by molar-refractivity contribution is 9.10. The van der Waals surface area contributed by atoms with Crippen LogP contribution in [0.25, 0.3) is 10.9 Å². The number of aromatic nitrogens is 1. The lowest BCUT2D eigenvalue weighted by Gasteiger charge is -2.06. The third-order valence-electron chi connectivity index (χ3n) is 3.36. The first-order chi connectivity index (χ1) is 11.1. The second kappa shape index (κ2) is 6.45. The summed E-state index contributed by atoms with van der Waals surface area (Å²) in [6, 6.07) is 9.06. The molecule has 1 aliphatic heterocycles. The number of ether oxygens (including phenoxy) is 1. The van der Waals surface area contributed by atoms with Crippen LogP contribution in [-0.2, 0) is 14.4 Å². The fourth-order valence-corrected chi connectivity index (χ4v) is 2.62. The van der Waals surface area contributed by atoms with Crippen molar-refractivity contribution in [3.8, 4) is 0 Å². The van der Waals surface area contributed by atoms with E-state index in [1.165, 1.54) is 0 Å². The molecule has 0 N–H and O–H groups in total. The van der Waals surface area contributed by atoms with Gasteiger partial charge in [-0.15, -0.1) is 0 Å². The van der Waals surface area contributed by atoms with Gasteiger partial charge >= 0.3 is 5.97 Å². The zero-order valence-electron chi connectivity index (χ0n) is 12.3.